The summed E-state index contributed by atoms with van der Waals surface area (Å²) in [5.74, 6) is 0. The van der Waals surface area contributed by atoms with Crippen molar-refractivity contribution in [1.82, 2.24) is 30.0 Å². The lowest BCUT2D eigenvalue weighted by atomic mass is 10.3. The normalized spacial score (nSPS) is 10.9. The summed E-state index contributed by atoms with van der Waals surface area (Å²) >= 11 is 0. The Balaban J connectivity index is 2.05. The second-order valence-corrected chi connectivity index (χ2v) is 3.16. The van der Waals surface area contributed by atoms with Crippen molar-refractivity contribution in [2.45, 2.75) is 6.67 Å². The second kappa shape index (κ2) is 3.16. The predicted octanol–water partition coefficient (Wildman–Crippen LogP) is 0.529. The van der Waals surface area contributed by atoms with Crippen molar-refractivity contribution in [3.63, 3.8) is 0 Å². The molecule has 0 atom stereocenters. The first-order valence-electron chi connectivity index (χ1n) is 4.56. The van der Waals surface area contributed by atoms with Gasteiger partial charge in [0.25, 0.3) is 0 Å². The van der Waals surface area contributed by atoms with E-state index >= 15 is 0 Å². The molecule has 74 valence electrons. The van der Waals surface area contributed by atoms with Crippen LogP contribution in [0, 0.1) is 0 Å². The second-order valence-electron chi connectivity index (χ2n) is 3.16. The minimum Gasteiger partial charge on any atom is -0.231 e. The van der Waals surface area contributed by atoms with Gasteiger partial charge in [0.1, 0.15) is 12.2 Å². The Hall–Kier alpha value is -2.24. The fourth-order valence-corrected chi connectivity index (χ4v) is 1.47. The van der Waals surface area contributed by atoms with Crippen molar-refractivity contribution in [2.24, 2.45) is 0 Å². The van der Waals surface area contributed by atoms with E-state index in [0.29, 0.717) is 6.67 Å². The van der Waals surface area contributed by atoms with Crippen molar-refractivity contribution in [3.05, 3.63) is 36.7 Å². The highest BCUT2D eigenvalue weighted by molar-refractivity contribution is 5.73. The number of rotatable bonds is 2. The number of fused-ring (bicyclic) bond motifs is 1. The van der Waals surface area contributed by atoms with E-state index in [4.69, 9.17) is 0 Å². The van der Waals surface area contributed by atoms with Gasteiger partial charge in [0.2, 0.25) is 0 Å². The molecule has 0 radical (unpaired) electrons. The first kappa shape index (κ1) is 8.10. The van der Waals surface area contributed by atoms with Gasteiger partial charge in [-0.15, -0.1) is 10.2 Å². The van der Waals surface area contributed by atoms with Gasteiger partial charge in [-0.1, -0.05) is 22.6 Å². The molecule has 0 aliphatic heterocycles. The minimum absolute atomic E-state index is 0.528. The van der Waals surface area contributed by atoms with Gasteiger partial charge in [0, 0.05) is 6.20 Å². The van der Waals surface area contributed by atoms with Crippen molar-refractivity contribution in [1.29, 1.82) is 0 Å². The molecule has 15 heavy (non-hydrogen) atoms. The third-order valence-electron chi connectivity index (χ3n) is 2.17. The van der Waals surface area contributed by atoms with E-state index in [1.54, 1.807) is 21.8 Å². The van der Waals surface area contributed by atoms with Crippen LogP contribution in [0.1, 0.15) is 0 Å². The fraction of sp³-hybridized carbons (Fsp3) is 0.111. The number of hydrogen-bond donors (Lipinski definition) is 0. The zero-order valence-electron chi connectivity index (χ0n) is 7.85. The van der Waals surface area contributed by atoms with Crippen LogP contribution in [0.4, 0.5) is 0 Å². The summed E-state index contributed by atoms with van der Waals surface area (Å²) in [6.07, 6.45) is 3.43. The molecule has 0 bridgehead atoms. The molecule has 3 aromatic rings. The Kier molecular flexibility index (Phi) is 1.71. The molecule has 6 heteroatoms. The topological polar surface area (TPSA) is 61.4 Å². The first-order chi connectivity index (χ1) is 7.43. The van der Waals surface area contributed by atoms with Crippen LogP contribution in [0.25, 0.3) is 11.0 Å². The van der Waals surface area contributed by atoms with Gasteiger partial charge in [0.15, 0.2) is 0 Å². The van der Waals surface area contributed by atoms with E-state index in [1.165, 1.54) is 0 Å². The molecule has 2 heterocycles. The maximum Gasteiger partial charge on any atom is 0.137 e. The molecule has 0 amide bonds. The van der Waals surface area contributed by atoms with Crippen LogP contribution in [-0.4, -0.2) is 30.0 Å². The lowest BCUT2D eigenvalue weighted by Crippen LogP contribution is -2.10. The maximum atomic E-state index is 4.05. The fourth-order valence-electron chi connectivity index (χ4n) is 1.47. The van der Waals surface area contributed by atoms with Gasteiger partial charge in [-0.2, -0.15) is 0 Å². The Morgan fingerprint density at radius 1 is 1.13 bits per heavy atom. The predicted molar refractivity (Wildman–Crippen MR) is 52.9 cm³/mol. The minimum atomic E-state index is 0.528. The smallest absolute Gasteiger partial charge is 0.137 e. The van der Waals surface area contributed by atoms with Gasteiger partial charge < -0.3 is 0 Å². The van der Waals surface area contributed by atoms with Gasteiger partial charge >= 0.3 is 0 Å². The SMILES string of the molecule is c1ccc2c(c1)nnn2Cn1ccnn1. The quantitative estimate of drug-likeness (QED) is 0.605. The third kappa shape index (κ3) is 1.35. The molecule has 0 saturated heterocycles. The zero-order chi connectivity index (χ0) is 10.1. The van der Waals surface area contributed by atoms with E-state index < -0.39 is 0 Å². The highest BCUT2D eigenvalue weighted by Crippen LogP contribution is 2.09. The summed E-state index contributed by atoms with van der Waals surface area (Å²) in [4.78, 5) is 0. The van der Waals surface area contributed by atoms with E-state index in [0.717, 1.165) is 11.0 Å². The summed E-state index contributed by atoms with van der Waals surface area (Å²) < 4.78 is 3.48. The van der Waals surface area contributed by atoms with Crippen LogP contribution < -0.4 is 0 Å². The zero-order valence-corrected chi connectivity index (χ0v) is 7.85. The number of para-hydroxylation sites is 1. The number of aromatic nitrogens is 6. The molecule has 2 aromatic heterocycles. The number of hydrogen-bond acceptors (Lipinski definition) is 4. The average molecular weight is 200 g/mol. The van der Waals surface area contributed by atoms with Crippen LogP contribution >= 0.6 is 0 Å². The highest BCUT2D eigenvalue weighted by Gasteiger charge is 2.03. The van der Waals surface area contributed by atoms with Crippen molar-refractivity contribution in [2.75, 3.05) is 0 Å². The van der Waals surface area contributed by atoms with E-state index in [9.17, 15) is 0 Å². The molecule has 6 nitrogen and oxygen atoms in total. The van der Waals surface area contributed by atoms with Crippen LogP contribution in [0.3, 0.4) is 0 Å². The van der Waals surface area contributed by atoms with Gasteiger partial charge in [-0.25, -0.2) is 9.36 Å². The molecule has 3 rings (SSSR count). The summed E-state index contributed by atoms with van der Waals surface area (Å²) in [6.45, 7) is 0.528. The molecule has 0 spiro atoms. The Bertz CT molecular complexity index is 567. The van der Waals surface area contributed by atoms with Crippen LogP contribution in [-0.2, 0) is 6.67 Å². The summed E-state index contributed by atoms with van der Waals surface area (Å²) in [7, 11) is 0. The standard InChI is InChI=1S/C9H8N6/c1-2-4-9-8(3-1)11-13-15(9)7-14-6-5-10-12-14/h1-6H,7H2. The Morgan fingerprint density at radius 3 is 2.93 bits per heavy atom. The van der Waals surface area contributed by atoms with Crippen LogP contribution in [0.2, 0.25) is 0 Å². The van der Waals surface area contributed by atoms with Gasteiger partial charge in [0.05, 0.1) is 11.7 Å². The van der Waals surface area contributed by atoms with Crippen molar-refractivity contribution < 1.29 is 0 Å². The van der Waals surface area contributed by atoms with E-state index in [-0.39, 0.29) is 0 Å². The molecule has 0 aliphatic rings. The highest BCUT2D eigenvalue weighted by atomic mass is 15.5. The lowest BCUT2D eigenvalue weighted by molar-refractivity contribution is 0.489. The van der Waals surface area contributed by atoms with Crippen molar-refractivity contribution >= 4 is 11.0 Å². The third-order valence-corrected chi connectivity index (χ3v) is 2.17. The summed E-state index contributed by atoms with van der Waals surface area (Å²) in [6, 6.07) is 7.81. The van der Waals surface area contributed by atoms with Crippen LogP contribution in [0.5, 0.6) is 0 Å². The number of benzene rings is 1. The average Bonchev–Trinajstić information content (AvgIpc) is 2.89. The molecule has 0 fully saturated rings. The molecule has 1 aromatic carbocycles. The van der Waals surface area contributed by atoms with Crippen LogP contribution in [0.15, 0.2) is 36.7 Å². The maximum absolute atomic E-state index is 4.05. The van der Waals surface area contributed by atoms with E-state index in [2.05, 4.69) is 20.6 Å². The number of nitrogens with zero attached hydrogens (tertiary/aromatic N) is 6. The molecular weight excluding hydrogens is 192 g/mol. The van der Waals surface area contributed by atoms with Gasteiger partial charge in [-0.3, -0.25) is 0 Å². The summed E-state index contributed by atoms with van der Waals surface area (Å²) in [5.41, 5.74) is 1.88. The molecule has 0 aliphatic carbocycles. The monoisotopic (exact) mass is 200 g/mol. The summed E-state index contributed by atoms with van der Waals surface area (Å²) in [5, 5.41) is 15.7. The molecule has 0 N–H and O–H groups in total. The molecule has 0 unspecified atom stereocenters. The Morgan fingerprint density at radius 2 is 2.07 bits per heavy atom. The van der Waals surface area contributed by atoms with Gasteiger partial charge in [-0.05, 0) is 12.1 Å². The molecular formula is C9H8N6. The largest absolute Gasteiger partial charge is 0.231 e. The lowest BCUT2D eigenvalue weighted by Gasteiger charge is -2.00. The van der Waals surface area contributed by atoms with Crippen molar-refractivity contribution in [3.8, 4) is 0 Å². The van der Waals surface area contributed by atoms with E-state index in [1.807, 2.05) is 24.3 Å². The Labute approximate surface area is 85.1 Å². The first-order valence-corrected chi connectivity index (χ1v) is 4.56. The molecule has 0 saturated carbocycles.